The molecule has 0 radical (unpaired) electrons. The van der Waals surface area contributed by atoms with Gasteiger partial charge in [0.1, 0.15) is 0 Å². The second kappa shape index (κ2) is 3.04. The van der Waals surface area contributed by atoms with Gasteiger partial charge in [-0.15, -0.1) is 0 Å². The first kappa shape index (κ1) is 9.12. The van der Waals surface area contributed by atoms with Crippen molar-refractivity contribution in [1.82, 2.24) is 4.57 Å². The number of pyridine rings is 1. The molecule has 0 saturated heterocycles. The summed E-state index contributed by atoms with van der Waals surface area (Å²) < 4.78 is 1.80. The molecule has 0 aliphatic carbocycles. The van der Waals surface area contributed by atoms with Crippen LogP contribution in [-0.4, -0.2) is 18.2 Å². The summed E-state index contributed by atoms with van der Waals surface area (Å²) in [5, 5.41) is 0. The Hall–Kier alpha value is -1.45. The van der Waals surface area contributed by atoms with Gasteiger partial charge >= 0.3 is 0 Å². The van der Waals surface area contributed by atoms with Gasteiger partial charge in [0.2, 0.25) is 0 Å². The summed E-state index contributed by atoms with van der Waals surface area (Å²) in [6.45, 7) is 3.65. The Morgan fingerprint density at radius 3 is 2.93 bits per heavy atom. The van der Waals surface area contributed by atoms with Gasteiger partial charge in [0.15, 0.2) is 0 Å². The zero-order chi connectivity index (χ0) is 10.3. The van der Waals surface area contributed by atoms with Crippen LogP contribution in [0.3, 0.4) is 0 Å². The Morgan fingerprint density at radius 1 is 1.57 bits per heavy atom. The van der Waals surface area contributed by atoms with Crippen molar-refractivity contribution in [2.45, 2.75) is 19.9 Å². The molecule has 4 nitrogen and oxygen atoms in total. The third-order valence-corrected chi connectivity index (χ3v) is 2.80. The van der Waals surface area contributed by atoms with Crippen LogP contribution in [0.15, 0.2) is 10.9 Å². The average molecular weight is 193 g/mol. The first-order valence-corrected chi connectivity index (χ1v) is 4.88. The average Bonchev–Trinajstić information content (AvgIpc) is 2.49. The van der Waals surface area contributed by atoms with E-state index in [1.807, 2.05) is 14.0 Å². The Balaban J connectivity index is 2.73. The Labute approximate surface area is 82.9 Å². The number of likely N-dealkylation sites (N-methyl/N-ethyl adjacent to an activating group) is 1. The number of anilines is 2. The maximum Gasteiger partial charge on any atom is 0.252 e. The number of nitrogen functional groups attached to an aromatic ring is 1. The molecule has 0 atom stereocenters. The molecular weight excluding hydrogens is 178 g/mol. The van der Waals surface area contributed by atoms with Crippen molar-refractivity contribution in [3.05, 3.63) is 22.1 Å². The number of fused-ring (bicyclic) bond motifs is 1. The predicted octanol–water partition coefficient (Wildman–Crippen LogP) is 0.443. The molecule has 14 heavy (non-hydrogen) atoms. The molecule has 0 saturated carbocycles. The topological polar surface area (TPSA) is 51.3 Å². The molecule has 4 heteroatoms. The maximum absolute atomic E-state index is 11.6. The first-order chi connectivity index (χ1) is 6.65. The normalized spacial score (nSPS) is 14.6. The van der Waals surface area contributed by atoms with Crippen molar-refractivity contribution in [3.63, 3.8) is 0 Å². The summed E-state index contributed by atoms with van der Waals surface area (Å²) in [7, 11) is 2.01. The maximum atomic E-state index is 11.6. The van der Waals surface area contributed by atoms with Crippen LogP contribution in [0.2, 0.25) is 0 Å². The fraction of sp³-hybridized carbons (Fsp3) is 0.500. The second-order valence-electron chi connectivity index (χ2n) is 3.65. The number of nitrogens with two attached hydrogens (primary N) is 1. The van der Waals surface area contributed by atoms with Gasteiger partial charge in [0, 0.05) is 38.3 Å². The fourth-order valence-corrected chi connectivity index (χ4v) is 2.13. The molecule has 0 bridgehead atoms. The van der Waals surface area contributed by atoms with Crippen molar-refractivity contribution in [2.24, 2.45) is 0 Å². The Bertz CT molecular complexity index is 422. The largest absolute Gasteiger partial charge is 0.397 e. The molecule has 1 aliphatic heterocycles. The van der Waals surface area contributed by atoms with E-state index in [0.717, 1.165) is 30.9 Å². The summed E-state index contributed by atoms with van der Waals surface area (Å²) in [5.74, 6) is 0. The van der Waals surface area contributed by atoms with Crippen LogP contribution in [0, 0.1) is 0 Å². The van der Waals surface area contributed by atoms with E-state index in [1.165, 1.54) is 6.07 Å². The lowest BCUT2D eigenvalue weighted by molar-refractivity contribution is 0.691. The molecule has 0 aromatic carbocycles. The van der Waals surface area contributed by atoms with Crippen LogP contribution >= 0.6 is 0 Å². The van der Waals surface area contributed by atoms with Crippen molar-refractivity contribution in [2.75, 3.05) is 24.2 Å². The minimum atomic E-state index is 0.0130. The molecule has 2 rings (SSSR count). The molecular formula is C10H15N3O. The fourth-order valence-electron chi connectivity index (χ4n) is 2.13. The SMILES string of the molecule is CCn1c2c(c(N)cc1=O)N(C)CC2. The molecule has 0 amide bonds. The number of hydrogen-bond acceptors (Lipinski definition) is 3. The van der Waals surface area contributed by atoms with Gasteiger partial charge in [-0.1, -0.05) is 0 Å². The lowest BCUT2D eigenvalue weighted by Gasteiger charge is -2.16. The molecule has 2 N–H and O–H groups in total. The smallest absolute Gasteiger partial charge is 0.252 e. The lowest BCUT2D eigenvalue weighted by Crippen LogP contribution is -2.23. The predicted molar refractivity (Wildman–Crippen MR) is 57.8 cm³/mol. The van der Waals surface area contributed by atoms with E-state index in [2.05, 4.69) is 4.90 Å². The minimum absolute atomic E-state index is 0.0130. The number of hydrogen-bond donors (Lipinski definition) is 1. The highest BCUT2D eigenvalue weighted by molar-refractivity contribution is 5.72. The molecule has 0 unspecified atom stereocenters. The van der Waals surface area contributed by atoms with Crippen LogP contribution in [0.25, 0.3) is 0 Å². The van der Waals surface area contributed by atoms with Gasteiger partial charge in [-0.05, 0) is 6.92 Å². The van der Waals surface area contributed by atoms with Crippen molar-refractivity contribution >= 4 is 11.4 Å². The van der Waals surface area contributed by atoms with E-state index >= 15 is 0 Å². The van der Waals surface area contributed by atoms with Crippen LogP contribution < -0.4 is 16.2 Å². The standard InChI is InChI=1S/C10H15N3O/c1-3-13-8-4-5-12(2)10(8)7(11)6-9(13)14/h6H,3-5,11H2,1-2H3. The lowest BCUT2D eigenvalue weighted by atomic mass is 10.2. The highest BCUT2D eigenvalue weighted by Crippen LogP contribution is 2.30. The summed E-state index contributed by atoms with van der Waals surface area (Å²) in [6.07, 6.45) is 0.917. The first-order valence-electron chi connectivity index (χ1n) is 4.88. The molecule has 0 fully saturated rings. The summed E-state index contributed by atoms with van der Waals surface area (Å²) in [5.41, 5.74) is 8.57. The van der Waals surface area contributed by atoms with Crippen LogP contribution in [0.4, 0.5) is 11.4 Å². The van der Waals surface area contributed by atoms with Crippen molar-refractivity contribution in [1.29, 1.82) is 0 Å². The number of rotatable bonds is 1. The summed E-state index contributed by atoms with van der Waals surface area (Å²) in [4.78, 5) is 13.7. The minimum Gasteiger partial charge on any atom is -0.397 e. The molecule has 1 aliphatic rings. The van der Waals surface area contributed by atoms with E-state index in [-0.39, 0.29) is 5.56 Å². The molecule has 1 aromatic heterocycles. The van der Waals surface area contributed by atoms with Gasteiger partial charge in [-0.25, -0.2) is 0 Å². The van der Waals surface area contributed by atoms with Gasteiger partial charge in [-0.2, -0.15) is 0 Å². The zero-order valence-corrected chi connectivity index (χ0v) is 8.58. The van der Waals surface area contributed by atoms with E-state index in [9.17, 15) is 4.79 Å². The van der Waals surface area contributed by atoms with Crippen molar-refractivity contribution in [3.8, 4) is 0 Å². The summed E-state index contributed by atoms with van der Waals surface area (Å²) >= 11 is 0. The highest BCUT2D eigenvalue weighted by atomic mass is 16.1. The Kier molecular flexibility index (Phi) is 1.98. The van der Waals surface area contributed by atoms with Gasteiger partial charge in [0.05, 0.1) is 11.4 Å². The highest BCUT2D eigenvalue weighted by Gasteiger charge is 2.22. The number of nitrogens with zero attached hydrogens (tertiary/aromatic N) is 2. The van der Waals surface area contributed by atoms with E-state index in [4.69, 9.17) is 5.73 Å². The molecule has 76 valence electrons. The van der Waals surface area contributed by atoms with E-state index in [0.29, 0.717) is 5.69 Å². The second-order valence-corrected chi connectivity index (χ2v) is 3.65. The van der Waals surface area contributed by atoms with Crippen LogP contribution in [0.5, 0.6) is 0 Å². The van der Waals surface area contributed by atoms with Crippen LogP contribution in [-0.2, 0) is 13.0 Å². The quantitative estimate of drug-likeness (QED) is 0.704. The van der Waals surface area contributed by atoms with Gasteiger partial charge in [0.25, 0.3) is 5.56 Å². The summed E-state index contributed by atoms with van der Waals surface area (Å²) in [6, 6.07) is 1.52. The van der Waals surface area contributed by atoms with Gasteiger partial charge in [-0.3, -0.25) is 4.79 Å². The third-order valence-electron chi connectivity index (χ3n) is 2.80. The van der Waals surface area contributed by atoms with Crippen molar-refractivity contribution < 1.29 is 0 Å². The molecule has 1 aromatic rings. The van der Waals surface area contributed by atoms with E-state index in [1.54, 1.807) is 4.57 Å². The zero-order valence-electron chi connectivity index (χ0n) is 8.58. The van der Waals surface area contributed by atoms with E-state index < -0.39 is 0 Å². The molecule has 0 spiro atoms. The monoisotopic (exact) mass is 193 g/mol. The third kappa shape index (κ3) is 1.10. The van der Waals surface area contributed by atoms with Gasteiger partial charge < -0.3 is 15.2 Å². The Morgan fingerprint density at radius 2 is 2.29 bits per heavy atom. The molecule has 2 heterocycles. The number of aromatic nitrogens is 1. The van der Waals surface area contributed by atoms with Crippen LogP contribution in [0.1, 0.15) is 12.6 Å².